The van der Waals surface area contributed by atoms with Gasteiger partial charge in [0.2, 0.25) is 5.91 Å². The number of amides is 1. The number of aromatic nitrogens is 2. The summed E-state index contributed by atoms with van der Waals surface area (Å²) in [6, 6.07) is 8.34. The molecule has 2 heterocycles. The van der Waals surface area contributed by atoms with E-state index in [1.807, 2.05) is 36.1 Å². The maximum Gasteiger partial charge on any atom is 0.233 e. The number of nitrogens with zero attached hydrogens (tertiary/aromatic N) is 3. The fraction of sp³-hybridized carbons (Fsp3) is 0.471. The quantitative estimate of drug-likeness (QED) is 0.643. The van der Waals surface area contributed by atoms with Crippen molar-refractivity contribution in [1.29, 1.82) is 0 Å². The molecular weight excluding hydrogens is 294 g/mol. The number of likely N-dealkylation sites (tertiary alicyclic amines) is 1. The van der Waals surface area contributed by atoms with Crippen molar-refractivity contribution in [2.24, 2.45) is 0 Å². The summed E-state index contributed by atoms with van der Waals surface area (Å²) < 4.78 is 0. The number of fused-ring (bicyclic) bond motifs is 1. The van der Waals surface area contributed by atoms with Crippen LogP contribution in [-0.4, -0.2) is 39.1 Å². The lowest BCUT2D eigenvalue weighted by Gasteiger charge is -2.33. The second kappa shape index (κ2) is 6.65. The molecule has 0 saturated carbocycles. The van der Waals surface area contributed by atoms with Crippen LogP contribution < -0.4 is 0 Å². The Balaban J connectivity index is 1.75. The van der Waals surface area contributed by atoms with Gasteiger partial charge < -0.3 is 4.90 Å². The Bertz CT molecular complexity index is 689. The van der Waals surface area contributed by atoms with Crippen LogP contribution in [0, 0.1) is 6.92 Å². The fourth-order valence-corrected chi connectivity index (χ4v) is 3.90. The first-order chi connectivity index (χ1) is 10.6. The third kappa shape index (κ3) is 3.24. The Morgan fingerprint density at radius 1 is 1.32 bits per heavy atom. The van der Waals surface area contributed by atoms with Crippen LogP contribution in [0.2, 0.25) is 0 Å². The Hall–Kier alpha value is -1.62. The van der Waals surface area contributed by atoms with Crippen LogP contribution in [-0.2, 0) is 4.79 Å². The van der Waals surface area contributed by atoms with E-state index in [1.54, 1.807) is 0 Å². The predicted molar refractivity (Wildman–Crippen MR) is 90.0 cm³/mol. The second-order valence-electron chi connectivity index (χ2n) is 5.81. The molecule has 116 valence electrons. The van der Waals surface area contributed by atoms with Crippen LogP contribution in [0.15, 0.2) is 29.3 Å². The molecule has 0 bridgehead atoms. The molecule has 1 atom stereocenters. The number of piperidine rings is 1. The van der Waals surface area contributed by atoms with Crippen LogP contribution in [0.25, 0.3) is 10.9 Å². The topological polar surface area (TPSA) is 46.1 Å². The van der Waals surface area contributed by atoms with Gasteiger partial charge in [-0.1, -0.05) is 30.0 Å². The van der Waals surface area contributed by atoms with Gasteiger partial charge in [0, 0.05) is 18.0 Å². The molecule has 0 aliphatic carbocycles. The van der Waals surface area contributed by atoms with E-state index >= 15 is 0 Å². The van der Waals surface area contributed by atoms with Crippen molar-refractivity contribution < 1.29 is 4.79 Å². The monoisotopic (exact) mass is 315 g/mol. The van der Waals surface area contributed by atoms with Crippen LogP contribution in [0.5, 0.6) is 0 Å². The van der Waals surface area contributed by atoms with Crippen LogP contribution >= 0.6 is 11.8 Å². The predicted octanol–water partition coefficient (Wildman–Crippen LogP) is 3.43. The maximum atomic E-state index is 12.5. The number of thioether (sulfide) groups is 1. The van der Waals surface area contributed by atoms with Gasteiger partial charge in [-0.2, -0.15) is 0 Å². The second-order valence-corrected chi connectivity index (χ2v) is 6.78. The van der Waals surface area contributed by atoms with Crippen molar-refractivity contribution in [3.63, 3.8) is 0 Å². The summed E-state index contributed by atoms with van der Waals surface area (Å²) in [5, 5.41) is 1.93. The Morgan fingerprint density at radius 3 is 2.95 bits per heavy atom. The van der Waals surface area contributed by atoms with Crippen molar-refractivity contribution in [3.8, 4) is 0 Å². The first kappa shape index (κ1) is 15.3. The number of benzene rings is 1. The van der Waals surface area contributed by atoms with Gasteiger partial charge in [-0.25, -0.2) is 9.97 Å². The highest BCUT2D eigenvalue weighted by molar-refractivity contribution is 8.00. The SMILES string of the molecule is Cc1nc(SCC(=O)N2CCCC[C@H]2C)c2ccccc2n1. The van der Waals surface area contributed by atoms with Crippen LogP contribution in [0.1, 0.15) is 32.0 Å². The zero-order valence-electron chi connectivity index (χ0n) is 13.1. The van der Waals surface area contributed by atoms with Crippen molar-refractivity contribution in [2.75, 3.05) is 12.3 Å². The summed E-state index contributed by atoms with van der Waals surface area (Å²) in [6.07, 6.45) is 3.47. The first-order valence-corrected chi connectivity index (χ1v) is 8.79. The third-order valence-electron chi connectivity index (χ3n) is 4.14. The number of carbonyl (C=O) groups excluding carboxylic acids is 1. The minimum absolute atomic E-state index is 0.220. The zero-order valence-corrected chi connectivity index (χ0v) is 13.9. The lowest BCUT2D eigenvalue weighted by atomic mass is 10.0. The lowest BCUT2D eigenvalue weighted by molar-refractivity contribution is -0.131. The molecule has 4 nitrogen and oxygen atoms in total. The molecule has 1 aliphatic rings. The number of aryl methyl sites for hydroxylation is 1. The van der Waals surface area contributed by atoms with E-state index in [1.165, 1.54) is 18.2 Å². The largest absolute Gasteiger partial charge is 0.339 e. The average Bonchev–Trinajstić information content (AvgIpc) is 2.52. The van der Waals surface area contributed by atoms with E-state index in [-0.39, 0.29) is 5.91 Å². The number of hydrogen-bond donors (Lipinski definition) is 0. The standard InChI is InChI=1S/C17H21N3OS/c1-12-7-5-6-10-20(12)16(21)11-22-17-14-8-3-4-9-15(14)18-13(2)19-17/h3-4,8-9,12H,5-7,10-11H2,1-2H3/t12-/m1/s1. The summed E-state index contributed by atoms with van der Waals surface area (Å²) in [5.74, 6) is 1.42. The first-order valence-electron chi connectivity index (χ1n) is 7.81. The van der Waals surface area contributed by atoms with Crippen LogP contribution in [0.3, 0.4) is 0 Å². The van der Waals surface area contributed by atoms with Gasteiger partial charge in [0.1, 0.15) is 10.9 Å². The summed E-state index contributed by atoms with van der Waals surface area (Å²) in [6.45, 7) is 4.93. The number of para-hydroxylation sites is 1. The summed E-state index contributed by atoms with van der Waals surface area (Å²) in [5.41, 5.74) is 0.941. The Labute approximate surface area is 135 Å². The number of carbonyl (C=O) groups is 1. The van der Waals surface area contributed by atoms with E-state index in [2.05, 4.69) is 16.9 Å². The molecule has 1 aromatic carbocycles. The molecule has 5 heteroatoms. The highest BCUT2D eigenvalue weighted by Gasteiger charge is 2.23. The van der Waals surface area contributed by atoms with E-state index in [4.69, 9.17) is 0 Å². The van der Waals surface area contributed by atoms with Crippen molar-refractivity contribution >= 4 is 28.6 Å². The van der Waals surface area contributed by atoms with Crippen molar-refractivity contribution in [1.82, 2.24) is 14.9 Å². The molecule has 0 spiro atoms. The van der Waals surface area contributed by atoms with Gasteiger partial charge in [-0.15, -0.1) is 0 Å². The summed E-state index contributed by atoms with van der Waals surface area (Å²) >= 11 is 1.53. The molecule has 0 radical (unpaired) electrons. The van der Waals surface area contributed by atoms with E-state index in [0.29, 0.717) is 11.8 Å². The Morgan fingerprint density at radius 2 is 2.14 bits per heavy atom. The molecule has 0 unspecified atom stereocenters. The lowest BCUT2D eigenvalue weighted by Crippen LogP contribution is -2.42. The molecule has 1 amide bonds. The number of rotatable bonds is 3. The molecule has 1 aromatic heterocycles. The fourth-order valence-electron chi connectivity index (χ4n) is 2.95. The maximum absolute atomic E-state index is 12.5. The summed E-state index contributed by atoms with van der Waals surface area (Å²) in [7, 11) is 0. The third-order valence-corrected chi connectivity index (χ3v) is 5.11. The van der Waals surface area contributed by atoms with Gasteiger partial charge in [-0.05, 0) is 39.2 Å². The molecular formula is C17H21N3OS. The Kier molecular flexibility index (Phi) is 4.62. The smallest absolute Gasteiger partial charge is 0.233 e. The molecule has 0 N–H and O–H groups in total. The molecule has 1 aliphatic heterocycles. The normalized spacial score (nSPS) is 18.6. The van der Waals surface area contributed by atoms with Gasteiger partial charge in [0.25, 0.3) is 0 Å². The van der Waals surface area contributed by atoms with E-state index in [9.17, 15) is 4.79 Å². The highest BCUT2D eigenvalue weighted by Crippen LogP contribution is 2.26. The average molecular weight is 315 g/mol. The highest BCUT2D eigenvalue weighted by atomic mass is 32.2. The molecule has 22 heavy (non-hydrogen) atoms. The minimum atomic E-state index is 0.220. The molecule has 1 saturated heterocycles. The van der Waals surface area contributed by atoms with Crippen LogP contribution in [0.4, 0.5) is 0 Å². The van der Waals surface area contributed by atoms with E-state index < -0.39 is 0 Å². The van der Waals surface area contributed by atoms with E-state index in [0.717, 1.165) is 41.1 Å². The van der Waals surface area contributed by atoms with Crippen molar-refractivity contribution in [2.45, 2.75) is 44.2 Å². The molecule has 3 rings (SSSR count). The number of hydrogen-bond acceptors (Lipinski definition) is 4. The van der Waals surface area contributed by atoms with Gasteiger partial charge in [0.15, 0.2) is 0 Å². The van der Waals surface area contributed by atoms with Crippen molar-refractivity contribution in [3.05, 3.63) is 30.1 Å². The minimum Gasteiger partial charge on any atom is -0.339 e. The molecule has 2 aromatic rings. The van der Waals surface area contributed by atoms with Gasteiger partial charge in [0.05, 0.1) is 11.3 Å². The zero-order chi connectivity index (χ0) is 15.5. The van der Waals surface area contributed by atoms with Gasteiger partial charge in [-0.3, -0.25) is 4.79 Å². The summed E-state index contributed by atoms with van der Waals surface area (Å²) in [4.78, 5) is 23.4. The molecule has 1 fully saturated rings. The van der Waals surface area contributed by atoms with Gasteiger partial charge >= 0.3 is 0 Å².